The van der Waals surface area contributed by atoms with Gasteiger partial charge in [-0.05, 0) is 25.0 Å². The normalized spacial score (nSPS) is 11.5. The van der Waals surface area contributed by atoms with E-state index in [2.05, 4.69) is 9.71 Å². The molecule has 0 atom stereocenters. The number of anilines is 2. The monoisotopic (exact) mass is 297 g/mol. The van der Waals surface area contributed by atoms with Gasteiger partial charge in [-0.2, -0.15) is 0 Å². The summed E-state index contributed by atoms with van der Waals surface area (Å²) in [6.45, 7) is 3.61. The number of nitrogens with one attached hydrogen (secondary N) is 1. The number of benzene rings is 1. The maximum Gasteiger partial charge on any atom is 0.273 e. The van der Waals surface area contributed by atoms with E-state index >= 15 is 0 Å². The SMILES string of the molecule is CCc1ccccc1NS(=O)(=O)c1sc(N)nc1C. The highest BCUT2D eigenvalue weighted by atomic mass is 32.2. The van der Waals surface area contributed by atoms with Crippen LogP contribution in [0.2, 0.25) is 0 Å². The Morgan fingerprint density at radius 2 is 2.05 bits per heavy atom. The number of hydrogen-bond acceptors (Lipinski definition) is 5. The van der Waals surface area contributed by atoms with Crippen LogP contribution in [0.15, 0.2) is 28.5 Å². The Bertz CT molecular complexity index is 693. The third-order valence-corrected chi connectivity index (χ3v) is 5.62. The molecule has 0 spiro atoms. The van der Waals surface area contributed by atoms with Crippen LogP contribution in [0.25, 0.3) is 0 Å². The van der Waals surface area contributed by atoms with Crippen molar-refractivity contribution in [1.82, 2.24) is 4.98 Å². The molecule has 1 aromatic heterocycles. The van der Waals surface area contributed by atoms with Gasteiger partial charge in [-0.25, -0.2) is 13.4 Å². The van der Waals surface area contributed by atoms with Gasteiger partial charge in [-0.15, -0.1) is 0 Å². The first-order valence-corrected chi connectivity index (χ1v) is 8.07. The maximum atomic E-state index is 12.3. The third kappa shape index (κ3) is 2.87. The molecule has 0 saturated carbocycles. The molecule has 0 radical (unpaired) electrons. The average Bonchev–Trinajstić information content (AvgIpc) is 2.69. The predicted molar refractivity (Wildman–Crippen MR) is 77.9 cm³/mol. The van der Waals surface area contributed by atoms with Gasteiger partial charge < -0.3 is 5.73 Å². The molecule has 0 unspecified atom stereocenters. The van der Waals surface area contributed by atoms with Gasteiger partial charge in [0.2, 0.25) is 0 Å². The second kappa shape index (κ2) is 5.18. The fourth-order valence-electron chi connectivity index (χ4n) is 1.77. The molecule has 19 heavy (non-hydrogen) atoms. The summed E-state index contributed by atoms with van der Waals surface area (Å²) in [6, 6.07) is 7.32. The van der Waals surface area contributed by atoms with Crippen LogP contribution in [0, 0.1) is 6.92 Å². The minimum Gasteiger partial charge on any atom is -0.375 e. The smallest absolute Gasteiger partial charge is 0.273 e. The van der Waals surface area contributed by atoms with Crippen LogP contribution in [0.4, 0.5) is 10.8 Å². The van der Waals surface area contributed by atoms with Crippen molar-refractivity contribution in [2.45, 2.75) is 24.5 Å². The van der Waals surface area contributed by atoms with Crippen LogP contribution in [-0.2, 0) is 16.4 Å². The molecule has 1 heterocycles. The number of nitrogen functional groups attached to an aromatic ring is 1. The molecule has 0 amide bonds. The number of aryl methyl sites for hydroxylation is 2. The molecule has 0 saturated heterocycles. The largest absolute Gasteiger partial charge is 0.375 e. The Morgan fingerprint density at radius 1 is 1.37 bits per heavy atom. The summed E-state index contributed by atoms with van der Waals surface area (Å²) in [4.78, 5) is 3.94. The molecule has 0 fully saturated rings. The standard InChI is InChI=1S/C12H15N3O2S2/c1-3-9-6-4-5-7-10(9)15-19(16,17)11-8(2)14-12(13)18-11/h4-7,15H,3H2,1-2H3,(H2,13,14). The molecule has 3 N–H and O–H groups in total. The summed E-state index contributed by atoms with van der Waals surface area (Å²) in [6.07, 6.45) is 0.752. The van der Waals surface area contributed by atoms with Crippen molar-refractivity contribution in [2.24, 2.45) is 0 Å². The zero-order valence-electron chi connectivity index (χ0n) is 10.7. The Balaban J connectivity index is 2.39. The van der Waals surface area contributed by atoms with Gasteiger partial charge in [0, 0.05) is 0 Å². The quantitative estimate of drug-likeness (QED) is 0.907. The highest BCUT2D eigenvalue weighted by Crippen LogP contribution is 2.28. The summed E-state index contributed by atoms with van der Waals surface area (Å²) < 4.78 is 27.4. The van der Waals surface area contributed by atoms with Crippen molar-refractivity contribution in [3.05, 3.63) is 35.5 Å². The van der Waals surface area contributed by atoms with Crippen LogP contribution in [0.5, 0.6) is 0 Å². The lowest BCUT2D eigenvalue weighted by atomic mass is 10.1. The predicted octanol–water partition coefficient (Wildman–Crippen LogP) is 2.40. The Morgan fingerprint density at radius 3 is 2.63 bits per heavy atom. The zero-order chi connectivity index (χ0) is 14.0. The summed E-state index contributed by atoms with van der Waals surface area (Å²) in [5.74, 6) is 0. The van der Waals surface area contributed by atoms with E-state index in [0.717, 1.165) is 23.3 Å². The van der Waals surface area contributed by atoms with Crippen molar-refractivity contribution < 1.29 is 8.42 Å². The minimum absolute atomic E-state index is 0.163. The second-order valence-electron chi connectivity index (χ2n) is 4.04. The van der Waals surface area contributed by atoms with Crippen molar-refractivity contribution in [1.29, 1.82) is 0 Å². The molecule has 5 nitrogen and oxygen atoms in total. The lowest BCUT2D eigenvalue weighted by molar-refractivity contribution is 0.602. The number of hydrogen-bond donors (Lipinski definition) is 2. The number of nitrogens with zero attached hydrogens (tertiary/aromatic N) is 1. The van der Waals surface area contributed by atoms with Gasteiger partial charge in [-0.1, -0.05) is 36.5 Å². The number of sulfonamides is 1. The topological polar surface area (TPSA) is 85.1 Å². The van der Waals surface area contributed by atoms with E-state index in [1.807, 2.05) is 19.1 Å². The van der Waals surface area contributed by atoms with Crippen LogP contribution >= 0.6 is 11.3 Å². The van der Waals surface area contributed by atoms with E-state index in [0.29, 0.717) is 11.4 Å². The summed E-state index contributed by atoms with van der Waals surface area (Å²) in [5.41, 5.74) is 7.50. The van der Waals surface area contributed by atoms with Gasteiger partial charge in [0.1, 0.15) is 0 Å². The molecule has 0 aliphatic carbocycles. The van der Waals surface area contributed by atoms with Crippen molar-refractivity contribution in [3.8, 4) is 0 Å². The minimum atomic E-state index is -3.63. The van der Waals surface area contributed by atoms with Gasteiger partial charge in [0.05, 0.1) is 11.4 Å². The summed E-state index contributed by atoms with van der Waals surface area (Å²) >= 11 is 0.970. The molecule has 2 aromatic rings. The molecule has 1 aromatic carbocycles. The second-order valence-corrected chi connectivity index (χ2v) is 6.95. The number of rotatable bonds is 4. The van der Waals surface area contributed by atoms with E-state index in [4.69, 9.17) is 5.73 Å². The Hall–Kier alpha value is -1.60. The van der Waals surface area contributed by atoms with Crippen LogP contribution in [0.3, 0.4) is 0 Å². The number of aromatic nitrogens is 1. The average molecular weight is 297 g/mol. The molecular formula is C12H15N3O2S2. The van der Waals surface area contributed by atoms with Crippen molar-refractivity contribution in [3.63, 3.8) is 0 Å². The molecule has 102 valence electrons. The Labute approximate surface area is 116 Å². The van der Waals surface area contributed by atoms with Crippen LogP contribution in [-0.4, -0.2) is 13.4 Å². The fourth-order valence-corrected chi connectivity index (χ4v) is 4.17. The first-order valence-electron chi connectivity index (χ1n) is 5.77. The highest BCUT2D eigenvalue weighted by molar-refractivity contribution is 7.94. The van der Waals surface area contributed by atoms with E-state index < -0.39 is 10.0 Å². The fraction of sp³-hybridized carbons (Fsp3) is 0.250. The van der Waals surface area contributed by atoms with Gasteiger partial charge >= 0.3 is 0 Å². The first-order chi connectivity index (χ1) is 8.94. The molecule has 0 aliphatic heterocycles. The highest BCUT2D eigenvalue weighted by Gasteiger charge is 2.21. The van der Waals surface area contributed by atoms with Crippen molar-refractivity contribution in [2.75, 3.05) is 10.5 Å². The molecule has 2 rings (SSSR count). The number of thiazole rings is 1. The van der Waals surface area contributed by atoms with E-state index in [-0.39, 0.29) is 9.34 Å². The van der Waals surface area contributed by atoms with E-state index in [9.17, 15) is 8.42 Å². The third-order valence-electron chi connectivity index (χ3n) is 2.66. The van der Waals surface area contributed by atoms with Gasteiger partial charge in [0.25, 0.3) is 10.0 Å². The zero-order valence-corrected chi connectivity index (χ0v) is 12.3. The molecule has 7 heteroatoms. The lowest BCUT2D eigenvalue weighted by Gasteiger charge is -2.10. The summed E-state index contributed by atoms with van der Waals surface area (Å²) in [7, 11) is -3.63. The van der Waals surface area contributed by atoms with Crippen LogP contribution < -0.4 is 10.5 Å². The molecule has 0 bridgehead atoms. The molecular weight excluding hydrogens is 282 g/mol. The number of nitrogens with two attached hydrogens (primary N) is 1. The first kappa shape index (κ1) is 13.8. The van der Waals surface area contributed by atoms with E-state index in [1.54, 1.807) is 19.1 Å². The maximum absolute atomic E-state index is 12.3. The Kier molecular flexibility index (Phi) is 3.77. The number of para-hydroxylation sites is 1. The van der Waals surface area contributed by atoms with Gasteiger partial charge in [-0.3, -0.25) is 4.72 Å². The van der Waals surface area contributed by atoms with Gasteiger partial charge in [0.15, 0.2) is 9.34 Å². The molecule has 0 aliphatic rings. The van der Waals surface area contributed by atoms with Crippen LogP contribution in [0.1, 0.15) is 18.2 Å². The summed E-state index contributed by atoms with van der Waals surface area (Å²) in [5, 5.41) is 0.252. The van der Waals surface area contributed by atoms with E-state index in [1.165, 1.54) is 0 Å². The van der Waals surface area contributed by atoms with Crippen molar-refractivity contribution >= 4 is 32.2 Å². The lowest BCUT2D eigenvalue weighted by Crippen LogP contribution is -2.13.